The summed E-state index contributed by atoms with van der Waals surface area (Å²) in [4.78, 5) is 28.0. The molecule has 0 saturated heterocycles. The predicted octanol–water partition coefficient (Wildman–Crippen LogP) is 4.01. The molecule has 2 heterocycles. The first-order valence-corrected chi connectivity index (χ1v) is 7.01. The second-order valence-corrected chi connectivity index (χ2v) is 5.30. The predicted molar refractivity (Wildman–Crippen MR) is 80.6 cm³/mol. The average Bonchev–Trinajstić information content (AvgIpc) is 3.09. The molecule has 4 nitrogen and oxygen atoms in total. The Morgan fingerprint density at radius 3 is 2.73 bits per heavy atom. The molecule has 0 N–H and O–H groups in total. The molecule has 1 aromatic carbocycles. The molecular weight excluding hydrogens is 285 g/mol. The number of fused-ring (bicyclic) bond motifs is 1. The molecule has 5 heteroatoms. The van der Waals surface area contributed by atoms with Crippen LogP contribution in [0.1, 0.15) is 36.5 Å². The molecule has 112 valence electrons. The minimum absolute atomic E-state index is 0.0353. The van der Waals surface area contributed by atoms with Crippen LogP contribution < -0.4 is 0 Å². The van der Waals surface area contributed by atoms with E-state index in [1.54, 1.807) is 37.5 Å². The average molecular weight is 299 g/mol. The smallest absolute Gasteiger partial charge is 0.184 e. The Hall–Kier alpha value is -2.56. The summed E-state index contributed by atoms with van der Waals surface area (Å²) in [7, 11) is 0. The standard InChI is InChI=1S/C17H14FNO3/c1-10-8-13(18)17(19-10)15(21)4-3-14(20)11-2-5-16-12(9-11)6-7-22-16/h2,5-7,9H,3-4,8H2,1H3. The molecule has 2 aromatic rings. The highest BCUT2D eigenvalue weighted by Crippen LogP contribution is 2.23. The van der Waals surface area contributed by atoms with Crippen molar-refractivity contribution in [2.75, 3.05) is 0 Å². The zero-order valence-corrected chi connectivity index (χ0v) is 12.1. The molecule has 0 atom stereocenters. The number of carbonyl (C=O) groups excluding carboxylic acids is 2. The van der Waals surface area contributed by atoms with Crippen molar-refractivity contribution in [2.45, 2.75) is 26.2 Å². The lowest BCUT2D eigenvalue weighted by molar-refractivity contribution is -0.115. The van der Waals surface area contributed by atoms with E-state index in [1.165, 1.54) is 0 Å². The number of ketones is 2. The summed E-state index contributed by atoms with van der Waals surface area (Å²) >= 11 is 0. The van der Waals surface area contributed by atoms with Crippen LogP contribution in [0.3, 0.4) is 0 Å². The number of aliphatic imine (C=N–C) groups is 1. The van der Waals surface area contributed by atoms with Gasteiger partial charge in [-0.25, -0.2) is 4.39 Å². The van der Waals surface area contributed by atoms with Gasteiger partial charge in [0.05, 0.1) is 6.26 Å². The van der Waals surface area contributed by atoms with Crippen molar-refractivity contribution in [3.05, 3.63) is 47.6 Å². The fraction of sp³-hybridized carbons (Fsp3) is 0.235. The zero-order valence-electron chi connectivity index (χ0n) is 12.1. The second kappa shape index (κ2) is 5.67. The molecule has 3 rings (SSSR count). The number of Topliss-reactive ketones (excluding diaryl/α,β-unsaturated/α-hetero) is 2. The minimum Gasteiger partial charge on any atom is -0.464 e. The summed E-state index contributed by atoms with van der Waals surface area (Å²) < 4.78 is 18.7. The van der Waals surface area contributed by atoms with Gasteiger partial charge in [-0.3, -0.25) is 14.6 Å². The lowest BCUT2D eigenvalue weighted by atomic mass is 10.0. The number of hydrogen-bond donors (Lipinski definition) is 0. The fourth-order valence-corrected chi connectivity index (χ4v) is 2.44. The quantitative estimate of drug-likeness (QED) is 0.784. The Kier molecular flexibility index (Phi) is 3.71. The first-order valence-electron chi connectivity index (χ1n) is 7.01. The lowest BCUT2D eigenvalue weighted by Crippen LogP contribution is -2.06. The van der Waals surface area contributed by atoms with Gasteiger partial charge in [0.15, 0.2) is 11.6 Å². The van der Waals surface area contributed by atoms with Crippen molar-refractivity contribution in [3.8, 4) is 0 Å². The summed E-state index contributed by atoms with van der Waals surface area (Å²) in [5, 5.41) is 0.835. The Morgan fingerprint density at radius 2 is 2.00 bits per heavy atom. The van der Waals surface area contributed by atoms with Crippen molar-refractivity contribution < 1.29 is 18.4 Å². The lowest BCUT2D eigenvalue weighted by Gasteiger charge is -2.01. The van der Waals surface area contributed by atoms with Crippen LogP contribution in [0.2, 0.25) is 0 Å². The second-order valence-electron chi connectivity index (χ2n) is 5.30. The van der Waals surface area contributed by atoms with E-state index in [4.69, 9.17) is 4.42 Å². The van der Waals surface area contributed by atoms with Gasteiger partial charge < -0.3 is 4.42 Å². The topological polar surface area (TPSA) is 59.6 Å². The third kappa shape index (κ3) is 2.74. The van der Waals surface area contributed by atoms with Gasteiger partial charge in [-0.05, 0) is 31.2 Å². The van der Waals surface area contributed by atoms with Gasteiger partial charge in [0, 0.05) is 35.9 Å². The van der Waals surface area contributed by atoms with Gasteiger partial charge in [-0.2, -0.15) is 0 Å². The van der Waals surface area contributed by atoms with Crippen LogP contribution >= 0.6 is 0 Å². The summed E-state index contributed by atoms with van der Waals surface area (Å²) in [6.07, 6.45) is 1.64. The van der Waals surface area contributed by atoms with Crippen LogP contribution in [0.5, 0.6) is 0 Å². The van der Waals surface area contributed by atoms with Gasteiger partial charge in [-0.1, -0.05) is 0 Å². The van der Waals surface area contributed by atoms with Crippen LogP contribution in [0.15, 0.2) is 51.5 Å². The number of halogens is 1. The zero-order chi connectivity index (χ0) is 15.7. The highest BCUT2D eigenvalue weighted by molar-refractivity contribution is 6.05. The largest absolute Gasteiger partial charge is 0.464 e. The molecule has 0 radical (unpaired) electrons. The van der Waals surface area contributed by atoms with Crippen molar-refractivity contribution in [2.24, 2.45) is 4.99 Å². The van der Waals surface area contributed by atoms with E-state index >= 15 is 0 Å². The number of furan rings is 1. The molecule has 0 unspecified atom stereocenters. The first kappa shape index (κ1) is 14.4. The fourth-order valence-electron chi connectivity index (χ4n) is 2.44. The van der Waals surface area contributed by atoms with E-state index in [-0.39, 0.29) is 30.7 Å². The third-order valence-electron chi connectivity index (χ3n) is 3.59. The van der Waals surface area contributed by atoms with Gasteiger partial charge in [0.25, 0.3) is 0 Å². The molecule has 22 heavy (non-hydrogen) atoms. The van der Waals surface area contributed by atoms with Gasteiger partial charge >= 0.3 is 0 Å². The number of carbonyl (C=O) groups is 2. The number of rotatable bonds is 5. The highest BCUT2D eigenvalue weighted by Gasteiger charge is 2.22. The molecule has 0 spiro atoms. The summed E-state index contributed by atoms with van der Waals surface area (Å²) in [5.74, 6) is -1.09. The summed E-state index contributed by atoms with van der Waals surface area (Å²) in [6.45, 7) is 1.67. The Labute approximate surface area is 126 Å². The van der Waals surface area contributed by atoms with Crippen molar-refractivity contribution in [3.63, 3.8) is 0 Å². The minimum atomic E-state index is -0.505. The maximum atomic E-state index is 13.5. The molecule has 0 amide bonds. The van der Waals surface area contributed by atoms with E-state index in [2.05, 4.69) is 4.99 Å². The van der Waals surface area contributed by atoms with Gasteiger partial charge in [0.1, 0.15) is 17.1 Å². The number of nitrogens with zero attached hydrogens (tertiary/aromatic N) is 1. The summed E-state index contributed by atoms with van der Waals surface area (Å²) in [5.41, 5.74) is 1.67. The van der Waals surface area contributed by atoms with Crippen LogP contribution in [0, 0.1) is 0 Å². The molecule has 0 bridgehead atoms. The van der Waals surface area contributed by atoms with E-state index in [0.29, 0.717) is 16.9 Å². The van der Waals surface area contributed by atoms with Crippen LogP contribution in [0.25, 0.3) is 11.0 Å². The normalized spacial score (nSPS) is 14.5. The van der Waals surface area contributed by atoms with Crippen LogP contribution in [-0.4, -0.2) is 17.3 Å². The first-order chi connectivity index (χ1) is 10.5. The SMILES string of the molecule is CC1=NC(C(=O)CCC(=O)c2ccc3occc3c2)=C(F)C1. The van der Waals surface area contributed by atoms with Gasteiger partial charge in [-0.15, -0.1) is 0 Å². The molecule has 0 aliphatic carbocycles. The molecular formula is C17H14FNO3. The molecule has 1 aliphatic rings. The Morgan fingerprint density at radius 1 is 1.23 bits per heavy atom. The van der Waals surface area contributed by atoms with Crippen molar-refractivity contribution in [1.29, 1.82) is 0 Å². The van der Waals surface area contributed by atoms with Crippen molar-refractivity contribution in [1.82, 2.24) is 0 Å². The maximum absolute atomic E-state index is 13.5. The van der Waals surface area contributed by atoms with Crippen molar-refractivity contribution >= 4 is 28.2 Å². The number of allylic oxidation sites excluding steroid dienone is 2. The van der Waals surface area contributed by atoms with E-state index in [9.17, 15) is 14.0 Å². The molecule has 1 aromatic heterocycles. The molecule has 0 fully saturated rings. The van der Waals surface area contributed by atoms with E-state index in [1.807, 2.05) is 0 Å². The molecule has 0 saturated carbocycles. The van der Waals surface area contributed by atoms with Crippen LogP contribution in [-0.2, 0) is 4.79 Å². The monoisotopic (exact) mass is 299 g/mol. The third-order valence-corrected chi connectivity index (χ3v) is 3.59. The number of benzene rings is 1. The highest BCUT2D eigenvalue weighted by atomic mass is 19.1. The number of hydrogen-bond acceptors (Lipinski definition) is 4. The van der Waals surface area contributed by atoms with Crippen LogP contribution in [0.4, 0.5) is 4.39 Å². The molecule has 1 aliphatic heterocycles. The maximum Gasteiger partial charge on any atom is 0.184 e. The summed E-state index contributed by atoms with van der Waals surface area (Å²) in [6, 6.07) is 6.88. The van der Waals surface area contributed by atoms with E-state index in [0.717, 1.165) is 5.39 Å². The Balaban J connectivity index is 1.67. The van der Waals surface area contributed by atoms with E-state index < -0.39 is 11.6 Å². The Bertz CT molecular complexity index is 829. The van der Waals surface area contributed by atoms with Gasteiger partial charge in [0.2, 0.25) is 0 Å².